The molecular weight excluding hydrogens is 211 g/mol. The Morgan fingerprint density at radius 1 is 1.43 bits per heavy atom. The number of rotatable bonds is 3. The van der Waals surface area contributed by atoms with Crippen molar-refractivity contribution in [3.05, 3.63) is 11.6 Å². The van der Waals surface area contributed by atoms with Gasteiger partial charge in [-0.1, -0.05) is 0 Å². The Labute approximate surface area is 76.3 Å². The number of hydrogen-bond donors (Lipinski definition) is 0. The van der Waals surface area contributed by atoms with Crippen molar-refractivity contribution in [3.8, 4) is 0 Å². The number of halogens is 5. The number of carbonyl (C=O) groups excluding carboxylic acids is 1. The number of carbonyl (C=O) groups is 1. The first-order valence-corrected chi connectivity index (χ1v) is 3.42. The summed E-state index contributed by atoms with van der Waals surface area (Å²) >= 11 is 0. The standard InChI is InChI=1S/C7H7F5O2/c1-4(6(8)9)2-5(13)14-3-7(10,11)12/h2,6H,3H2,1H3/b4-2+. The van der Waals surface area contributed by atoms with Gasteiger partial charge in [0.1, 0.15) is 0 Å². The first-order chi connectivity index (χ1) is 6.22. The molecular formula is C7H7F5O2. The van der Waals surface area contributed by atoms with E-state index in [1.807, 2.05) is 0 Å². The highest BCUT2D eigenvalue weighted by molar-refractivity contribution is 5.82. The van der Waals surface area contributed by atoms with Gasteiger partial charge in [0, 0.05) is 6.08 Å². The van der Waals surface area contributed by atoms with Crippen molar-refractivity contribution in [3.63, 3.8) is 0 Å². The Balaban J connectivity index is 4.06. The lowest BCUT2D eigenvalue weighted by Crippen LogP contribution is -2.19. The van der Waals surface area contributed by atoms with Crippen molar-refractivity contribution in [2.24, 2.45) is 0 Å². The maximum Gasteiger partial charge on any atom is 0.422 e. The van der Waals surface area contributed by atoms with Gasteiger partial charge in [0.15, 0.2) is 6.61 Å². The third-order valence-corrected chi connectivity index (χ3v) is 1.07. The van der Waals surface area contributed by atoms with Crippen LogP contribution in [0.15, 0.2) is 11.6 Å². The molecule has 0 spiro atoms. The van der Waals surface area contributed by atoms with Crippen LogP contribution in [-0.2, 0) is 9.53 Å². The molecule has 0 saturated heterocycles. The summed E-state index contributed by atoms with van der Waals surface area (Å²) in [5.41, 5.74) is -0.642. The molecule has 82 valence electrons. The van der Waals surface area contributed by atoms with Crippen LogP contribution in [0.4, 0.5) is 22.0 Å². The second kappa shape index (κ2) is 4.92. The normalized spacial score (nSPS) is 13.2. The van der Waals surface area contributed by atoms with E-state index in [-0.39, 0.29) is 0 Å². The van der Waals surface area contributed by atoms with Gasteiger partial charge in [-0.2, -0.15) is 13.2 Å². The highest BCUT2D eigenvalue weighted by Crippen LogP contribution is 2.15. The summed E-state index contributed by atoms with van der Waals surface area (Å²) < 4.78 is 61.6. The zero-order valence-corrected chi connectivity index (χ0v) is 7.07. The van der Waals surface area contributed by atoms with Crippen LogP contribution in [0.1, 0.15) is 6.92 Å². The van der Waals surface area contributed by atoms with Crippen molar-refractivity contribution >= 4 is 5.97 Å². The molecule has 0 bridgehead atoms. The Morgan fingerprint density at radius 2 is 1.93 bits per heavy atom. The van der Waals surface area contributed by atoms with Gasteiger partial charge in [0.05, 0.1) is 0 Å². The fourth-order valence-corrected chi connectivity index (χ4v) is 0.444. The quantitative estimate of drug-likeness (QED) is 0.412. The summed E-state index contributed by atoms with van der Waals surface area (Å²) in [6.45, 7) is -0.863. The zero-order chi connectivity index (χ0) is 11.4. The number of alkyl halides is 5. The van der Waals surface area contributed by atoms with Crippen molar-refractivity contribution < 1.29 is 31.5 Å². The minimum absolute atomic E-state index is 0.330. The van der Waals surface area contributed by atoms with Crippen molar-refractivity contribution in [2.45, 2.75) is 19.5 Å². The largest absolute Gasteiger partial charge is 0.453 e. The fourth-order valence-electron chi connectivity index (χ4n) is 0.444. The van der Waals surface area contributed by atoms with Crippen LogP contribution < -0.4 is 0 Å². The molecule has 0 aliphatic rings. The molecule has 0 aromatic rings. The molecule has 2 nitrogen and oxygen atoms in total. The maximum atomic E-state index is 11.8. The van der Waals surface area contributed by atoms with Gasteiger partial charge in [0.2, 0.25) is 0 Å². The van der Waals surface area contributed by atoms with Crippen LogP contribution in [0.3, 0.4) is 0 Å². The topological polar surface area (TPSA) is 26.3 Å². The predicted octanol–water partition coefficient (Wildman–Crippen LogP) is 2.30. The minimum atomic E-state index is -4.65. The van der Waals surface area contributed by atoms with Gasteiger partial charge in [0.25, 0.3) is 6.43 Å². The van der Waals surface area contributed by atoms with E-state index < -0.39 is 30.8 Å². The highest BCUT2D eigenvalue weighted by Gasteiger charge is 2.29. The Bertz CT molecular complexity index is 231. The summed E-state index contributed by atoms with van der Waals surface area (Å²) in [7, 11) is 0. The van der Waals surface area contributed by atoms with Crippen LogP contribution in [0, 0.1) is 0 Å². The van der Waals surface area contributed by atoms with Crippen LogP contribution in [-0.4, -0.2) is 25.2 Å². The molecule has 0 heterocycles. The van der Waals surface area contributed by atoms with Crippen molar-refractivity contribution in [2.75, 3.05) is 6.61 Å². The average molecular weight is 218 g/mol. The van der Waals surface area contributed by atoms with Crippen LogP contribution >= 0.6 is 0 Å². The van der Waals surface area contributed by atoms with Gasteiger partial charge in [-0.25, -0.2) is 13.6 Å². The van der Waals surface area contributed by atoms with E-state index >= 15 is 0 Å². The lowest BCUT2D eigenvalue weighted by Gasteiger charge is -2.06. The SMILES string of the molecule is C/C(=C\C(=O)OCC(F)(F)F)C(F)F. The van der Waals surface area contributed by atoms with Crippen molar-refractivity contribution in [1.82, 2.24) is 0 Å². The van der Waals surface area contributed by atoms with Gasteiger partial charge in [-0.15, -0.1) is 0 Å². The van der Waals surface area contributed by atoms with E-state index in [0.717, 1.165) is 6.92 Å². The Hall–Kier alpha value is -1.14. The molecule has 0 fully saturated rings. The highest BCUT2D eigenvalue weighted by atomic mass is 19.4. The molecule has 0 aromatic carbocycles. The van der Waals surface area contributed by atoms with Gasteiger partial charge in [-0.05, 0) is 12.5 Å². The minimum Gasteiger partial charge on any atom is -0.453 e. The lowest BCUT2D eigenvalue weighted by atomic mass is 10.3. The molecule has 14 heavy (non-hydrogen) atoms. The van der Waals surface area contributed by atoms with Crippen molar-refractivity contribution in [1.29, 1.82) is 0 Å². The second-order valence-electron chi connectivity index (χ2n) is 2.41. The van der Waals surface area contributed by atoms with Crippen LogP contribution in [0.5, 0.6) is 0 Å². The fraction of sp³-hybridized carbons (Fsp3) is 0.571. The van der Waals surface area contributed by atoms with Gasteiger partial charge in [-0.3, -0.25) is 0 Å². The average Bonchev–Trinajstić information content (AvgIpc) is 1.99. The third-order valence-electron chi connectivity index (χ3n) is 1.07. The summed E-state index contributed by atoms with van der Waals surface area (Å²) in [5, 5.41) is 0. The Morgan fingerprint density at radius 3 is 2.29 bits per heavy atom. The van der Waals surface area contributed by atoms with E-state index in [9.17, 15) is 26.7 Å². The molecule has 0 saturated carbocycles. The second-order valence-corrected chi connectivity index (χ2v) is 2.41. The Kier molecular flexibility index (Phi) is 4.52. The van der Waals surface area contributed by atoms with E-state index in [4.69, 9.17) is 0 Å². The molecule has 0 amide bonds. The molecule has 0 N–H and O–H groups in total. The molecule has 7 heteroatoms. The van der Waals surface area contributed by atoms with E-state index in [2.05, 4.69) is 4.74 Å². The predicted molar refractivity (Wildman–Crippen MR) is 36.8 cm³/mol. The molecule has 0 aromatic heterocycles. The molecule has 0 unspecified atom stereocenters. The molecule has 0 aliphatic heterocycles. The zero-order valence-electron chi connectivity index (χ0n) is 7.07. The van der Waals surface area contributed by atoms with E-state index in [1.54, 1.807) is 0 Å². The van der Waals surface area contributed by atoms with Gasteiger partial charge >= 0.3 is 12.1 Å². The summed E-state index contributed by atoms with van der Waals surface area (Å²) in [6, 6.07) is 0. The van der Waals surface area contributed by atoms with Gasteiger partial charge < -0.3 is 4.74 Å². The van der Waals surface area contributed by atoms with Crippen LogP contribution in [0.25, 0.3) is 0 Å². The number of ether oxygens (including phenoxy) is 1. The van der Waals surface area contributed by atoms with E-state index in [1.165, 1.54) is 0 Å². The molecule has 0 atom stereocenters. The molecule has 0 radical (unpaired) electrons. The first kappa shape index (κ1) is 12.9. The summed E-state index contributed by atoms with van der Waals surface area (Å²) in [5.74, 6) is -1.43. The number of allylic oxidation sites excluding steroid dienone is 1. The molecule has 0 aliphatic carbocycles. The summed E-state index contributed by atoms with van der Waals surface area (Å²) in [4.78, 5) is 10.5. The molecule has 0 rings (SSSR count). The number of esters is 1. The monoisotopic (exact) mass is 218 g/mol. The van der Waals surface area contributed by atoms with E-state index in [0.29, 0.717) is 6.08 Å². The maximum absolute atomic E-state index is 11.8. The third kappa shape index (κ3) is 6.38. The smallest absolute Gasteiger partial charge is 0.422 e. The lowest BCUT2D eigenvalue weighted by molar-refractivity contribution is -0.182. The summed E-state index contributed by atoms with van der Waals surface area (Å²) in [6.07, 6.45) is -7.20. The van der Waals surface area contributed by atoms with Crippen LogP contribution in [0.2, 0.25) is 0 Å². The first-order valence-electron chi connectivity index (χ1n) is 3.42. The number of hydrogen-bond acceptors (Lipinski definition) is 2.